The third-order valence-corrected chi connectivity index (χ3v) is 5.41. The van der Waals surface area contributed by atoms with E-state index in [0.717, 1.165) is 66.3 Å². The lowest BCUT2D eigenvalue weighted by molar-refractivity contribution is 0.312. The topological polar surface area (TPSA) is 70.6 Å². The van der Waals surface area contributed by atoms with Crippen LogP contribution in [0.15, 0.2) is 47.6 Å². The van der Waals surface area contributed by atoms with Crippen molar-refractivity contribution in [3.63, 3.8) is 0 Å². The van der Waals surface area contributed by atoms with Gasteiger partial charge in [0.25, 0.3) is 0 Å². The second-order valence-corrected chi connectivity index (χ2v) is 7.35. The normalized spacial score (nSPS) is 17.2. The fourth-order valence-corrected chi connectivity index (χ4v) is 3.76. The van der Waals surface area contributed by atoms with Gasteiger partial charge in [0.15, 0.2) is 0 Å². The van der Waals surface area contributed by atoms with Crippen LogP contribution in [0.3, 0.4) is 0 Å². The number of anilines is 1. The molecule has 3 aromatic rings. The number of hydrogen-bond acceptors (Lipinski definition) is 6. The van der Waals surface area contributed by atoms with Crippen molar-refractivity contribution in [2.24, 2.45) is 10.7 Å². The van der Waals surface area contributed by atoms with Gasteiger partial charge in [0.05, 0.1) is 22.9 Å². The smallest absolute Gasteiger partial charge is 0.147 e. The van der Waals surface area contributed by atoms with Gasteiger partial charge in [-0.2, -0.15) is 0 Å². The maximum atomic E-state index is 5.87. The second kappa shape index (κ2) is 6.32. The first-order valence-electron chi connectivity index (χ1n) is 9.32. The molecule has 0 saturated carbocycles. The van der Waals surface area contributed by atoms with Gasteiger partial charge < -0.3 is 15.5 Å². The number of nitrogens with two attached hydrogens (primary N) is 1. The van der Waals surface area contributed by atoms with Crippen molar-refractivity contribution in [3.05, 3.63) is 48.2 Å². The zero-order valence-corrected chi connectivity index (χ0v) is 15.4. The Morgan fingerprint density at radius 2 is 1.70 bits per heavy atom. The molecule has 0 bridgehead atoms. The molecule has 1 fully saturated rings. The molecule has 3 heterocycles. The number of benzene rings is 2. The van der Waals surface area contributed by atoms with Gasteiger partial charge in [-0.3, -0.25) is 4.98 Å². The zero-order valence-electron chi connectivity index (χ0n) is 15.4. The van der Waals surface area contributed by atoms with Crippen LogP contribution < -0.4 is 10.6 Å². The summed E-state index contributed by atoms with van der Waals surface area (Å²) in [5, 5.41) is 0. The molecule has 0 amide bonds. The molecule has 2 aromatic carbocycles. The van der Waals surface area contributed by atoms with Crippen molar-refractivity contribution in [2.75, 3.05) is 38.1 Å². The Hall–Kier alpha value is -2.99. The summed E-state index contributed by atoms with van der Waals surface area (Å²) >= 11 is 0. The summed E-state index contributed by atoms with van der Waals surface area (Å²) in [5.41, 5.74) is 12.1. The first-order chi connectivity index (χ1) is 13.2. The largest absolute Gasteiger partial charge is 0.387 e. The molecule has 0 atom stereocenters. The van der Waals surface area contributed by atoms with Crippen LogP contribution >= 0.6 is 0 Å². The van der Waals surface area contributed by atoms with Crippen molar-refractivity contribution in [2.45, 2.75) is 6.42 Å². The average Bonchev–Trinajstić information content (AvgIpc) is 3.07. The summed E-state index contributed by atoms with van der Waals surface area (Å²) in [4.78, 5) is 18.6. The lowest BCUT2D eigenvalue weighted by Crippen LogP contribution is -2.44. The van der Waals surface area contributed by atoms with Crippen LogP contribution in [-0.4, -0.2) is 53.9 Å². The van der Waals surface area contributed by atoms with Crippen LogP contribution in [0.1, 0.15) is 5.56 Å². The third-order valence-electron chi connectivity index (χ3n) is 5.41. The van der Waals surface area contributed by atoms with Crippen molar-refractivity contribution in [1.29, 1.82) is 0 Å². The number of likely N-dealkylation sites (N-methyl/N-ethyl adjacent to an activating group) is 1. The van der Waals surface area contributed by atoms with Gasteiger partial charge in [0.2, 0.25) is 0 Å². The van der Waals surface area contributed by atoms with E-state index in [4.69, 9.17) is 10.7 Å². The van der Waals surface area contributed by atoms with Crippen LogP contribution in [0.5, 0.6) is 0 Å². The van der Waals surface area contributed by atoms with E-state index in [0.29, 0.717) is 5.84 Å². The Bertz CT molecular complexity index is 1050. The summed E-state index contributed by atoms with van der Waals surface area (Å²) in [6, 6.07) is 12.6. The SMILES string of the molecule is CN1CCN(c2cnc3ccc(-c4ccc5c(c4)N=C(N)C5)cc3n2)CC1. The van der Waals surface area contributed by atoms with Gasteiger partial charge in [-0.05, 0) is 41.9 Å². The van der Waals surface area contributed by atoms with Crippen LogP contribution in [0.2, 0.25) is 0 Å². The Morgan fingerprint density at radius 1 is 0.926 bits per heavy atom. The molecule has 5 rings (SSSR count). The first kappa shape index (κ1) is 16.2. The summed E-state index contributed by atoms with van der Waals surface area (Å²) in [6.07, 6.45) is 2.63. The maximum absolute atomic E-state index is 5.87. The molecule has 0 aliphatic carbocycles. The van der Waals surface area contributed by atoms with Crippen LogP contribution in [0.25, 0.3) is 22.2 Å². The molecule has 1 aromatic heterocycles. The highest BCUT2D eigenvalue weighted by atomic mass is 15.3. The molecule has 6 nitrogen and oxygen atoms in total. The summed E-state index contributed by atoms with van der Waals surface area (Å²) in [5.74, 6) is 1.64. The quantitative estimate of drug-likeness (QED) is 0.762. The third kappa shape index (κ3) is 3.02. The van der Waals surface area contributed by atoms with Crippen LogP contribution in [-0.2, 0) is 6.42 Å². The maximum Gasteiger partial charge on any atom is 0.147 e. The standard InChI is InChI=1S/C21H22N6/c1-26-6-8-27(9-7-26)21-13-23-17-5-4-15(11-19(17)25-21)14-2-3-16-12-20(22)24-18(16)10-14/h2-5,10-11,13H,6-9,12H2,1H3,(H2,22,24). The summed E-state index contributed by atoms with van der Waals surface area (Å²) in [7, 11) is 2.16. The molecular formula is C21H22N6. The Kier molecular flexibility index (Phi) is 3.79. The lowest BCUT2D eigenvalue weighted by Gasteiger charge is -2.33. The van der Waals surface area contributed by atoms with Crippen LogP contribution in [0, 0.1) is 0 Å². The highest BCUT2D eigenvalue weighted by Crippen LogP contribution is 2.32. The average molecular weight is 358 g/mol. The molecule has 136 valence electrons. The number of aromatic nitrogens is 2. The molecular weight excluding hydrogens is 336 g/mol. The molecule has 0 radical (unpaired) electrons. The minimum atomic E-state index is 0.684. The van der Waals surface area contributed by atoms with Gasteiger partial charge in [-0.1, -0.05) is 18.2 Å². The highest BCUT2D eigenvalue weighted by Gasteiger charge is 2.16. The van der Waals surface area contributed by atoms with Crippen molar-refractivity contribution in [3.8, 4) is 11.1 Å². The fourth-order valence-electron chi connectivity index (χ4n) is 3.76. The van der Waals surface area contributed by atoms with E-state index < -0.39 is 0 Å². The monoisotopic (exact) mass is 358 g/mol. The number of rotatable bonds is 2. The molecule has 0 unspecified atom stereocenters. The lowest BCUT2D eigenvalue weighted by atomic mass is 10.0. The zero-order chi connectivity index (χ0) is 18.4. The Morgan fingerprint density at radius 3 is 2.56 bits per heavy atom. The molecule has 1 saturated heterocycles. The van der Waals surface area contributed by atoms with Gasteiger partial charge in [-0.25, -0.2) is 9.98 Å². The van der Waals surface area contributed by atoms with E-state index >= 15 is 0 Å². The Balaban J connectivity index is 1.50. The molecule has 0 spiro atoms. The molecule has 27 heavy (non-hydrogen) atoms. The number of piperazine rings is 1. The van der Waals surface area contributed by atoms with Gasteiger partial charge in [0, 0.05) is 32.6 Å². The molecule has 2 aliphatic rings. The Labute approximate surface area is 158 Å². The molecule has 6 heteroatoms. The first-order valence-corrected chi connectivity index (χ1v) is 9.32. The number of aliphatic imine (C=N–C) groups is 1. The highest BCUT2D eigenvalue weighted by molar-refractivity contribution is 5.92. The molecule has 2 N–H and O–H groups in total. The van der Waals surface area contributed by atoms with E-state index in [1.165, 1.54) is 5.56 Å². The van der Waals surface area contributed by atoms with Crippen molar-refractivity contribution >= 4 is 28.4 Å². The summed E-state index contributed by atoms with van der Waals surface area (Å²) < 4.78 is 0. The molecule has 2 aliphatic heterocycles. The number of amidine groups is 1. The van der Waals surface area contributed by atoms with Crippen LogP contribution in [0.4, 0.5) is 11.5 Å². The number of hydrogen-bond donors (Lipinski definition) is 1. The minimum Gasteiger partial charge on any atom is -0.387 e. The fraction of sp³-hybridized carbons (Fsp3) is 0.286. The van der Waals surface area contributed by atoms with Gasteiger partial charge >= 0.3 is 0 Å². The van der Waals surface area contributed by atoms with E-state index in [2.05, 4.69) is 57.2 Å². The minimum absolute atomic E-state index is 0.684. The van der Waals surface area contributed by atoms with E-state index in [1.54, 1.807) is 0 Å². The number of fused-ring (bicyclic) bond motifs is 2. The summed E-state index contributed by atoms with van der Waals surface area (Å²) in [6.45, 7) is 4.08. The predicted octanol–water partition coefficient (Wildman–Crippen LogP) is 2.59. The van der Waals surface area contributed by atoms with Gasteiger partial charge in [-0.15, -0.1) is 0 Å². The number of nitrogens with zero attached hydrogens (tertiary/aromatic N) is 5. The van der Waals surface area contributed by atoms with E-state index in [9.17, 15) is 0 Å². The van der Waals surface area contributed by atoms with Crippen molar-refractivity contribution in [1.82, 2.24) is 14.9 Å². The predicted molar refractivity (Wildman–Crippen MR) is 110 cm³/mol. The van der Waals surface area contributed by atoms with E-state index in [-0.39, 0.29) is 0 Å². The van der Waals surface area contributed by atoms with E-state index in [1.807, 2.05) is 12.3 Å². The van der Waals surface area contributed by atoms with Crippen molar-refractivity contribution < 1.29 is 0 Å². The second-order valence-electron chi connectivity index (χ2n) is 7.35. The van der Waals surface area contributed by atoms with Gasteiger partial charge in [0.1, 0.15) is 11.7 Å².